The maximum atomic E-state index is 12.5. The lowest BCUT2D eigenvalue weighted by Crippen LogP contribution is -2.43. The fourth-order valence-corrected chi connectivity index (χ4v) is 3.41. The van der Waals surface area contributed by atoms with Crippen molar-refractivity contribution < 1.29 is 19.0 Å². The molecule has 6 nitrogen and oxygen atoms in total. The molecule has 0 aromatic heterocycles. The Balaban J connectivity index is 2.06. The van der Waals surface area contributed by atoms with Crippen molar-refractivity contribution in [1.82, 2.24) is 10.6 Å². The molecular formula is C23H32N2O4. The highest BCUT2D eigenvalue weighted by atomic mass is 16.5. The summed E-state index contributed by atoms with van der Waals surface area (Å²) in [5.41, 5.74) is 3.11. The lowest BCUT2D eigenvalue weighted by molar-refractivity contribution is 0.235. The van der Waals surface area contributed by atoms with Gasteiger partial charge in [-0.3, -0.25) is 0 Å². The summed E-state index contributed by atoms with van der Waals surface area (Å²) < 4.78 is 16.1. The minimum atomic E-state index is -0.245. The summed E-state index contributed by atoms with van der Waals surface area (Å²) in [6.07, 6.45) is 0. The van der Waals surface area contributed by atoms with E-state index in [0.717, 1.165) is 5.56 Å². The molecule has 2 amide bonds. The summed E-state index contributed by atoms with van der Waals surface area (Å²) in [7, 11) is 4.70. The monoisotopic (exact) mass is 400 g/mol. The summed E-state index contributed by atoms with van der Waals surface area (Å²) in [6, 6.07) is 11.4. The van der Waals surface area contributed by atoms with Crippen LogP contribution in [0.3, 0.4) is 0 Å². The average molecular weight is 401 g/mol. The number of nitrogens with one attached hydrogen (secondary N) is 2. The fourth-order valence-electron chi connectivity index (χ4n) is 3.41. The summed E-state index contributed by atoms with van der Waals surface area (Å²) in [5.74, 6) is 1.63. The fraction of sp³-hybridized carbons (Fsp3) is 0.435. The molecule has 0 saturated carbocycles. The van der Waals surface area contributed by atoms with Gasteiger partial charge in [-0.25, -0.2) is 4.79 Å². The quantitative estimate of drug-likeness (QED) is 0.691. The van der Waals surface area contributed by atoms with E-state index >= 15 is 0 Å². The minimum absolute atomic E-state index is 0.182. The molecule has 0 spiro atoms. The molecule has 0 radical (unpaired) electrons. The maximum absolute atomic E-state index is 12.5. The van der Waals surface area contributed by atoms with Gasteiger partial charge < -0.3 is 24.8 Å². The molecular weight excluding hydrogens is 368 g/mol. The zero-order chi connectivity index (χ0) is 21.6. The number of methoxy groups -OCH3 is 3. The number of rotatable bonds is 8. The van der Waals surface area contributed by atoms with Gasteiger partial charge in [0.25, 0.3) is 0 Å². The van der Waals surface area contributed by atoms with Crippen LogP contribution < -0.4 is 24.8 Å². The van der Waals surface area contributed by atoms with Gasteiger partial charge in [-0.2, -0.15) is 0 Å². The van der Waals surface area contributed by atoms with Crippen LogP contribution in [-0.2, 0) is 5.41 Å². The Kier molecular flexibility index (Phi) is 7.37. The van der Waals surface area contributed by atoms with Gasteiger partial charge in [0, 0.05) is 12.0 Å². The Morgan fingerprint density at radius 2 is 1.62 bits per heavy atom. The number of hydrogen-bond acceptors (Lipinski definition) is 4. The third kappa shape index (κ3) is 5.34. The second-order valence-electron chi connectivity index (χ2n) is 7.71. The van der Waals surface area contributed by atoms with Gasteiger partial charge >= 0.3 is 6.03 Å². The highest BCUT2D eigenvalue weighted by Crippen LogP contribution is 2.39. The van der Waals surface area contributed by atoms with E-state index < -0.39 is 0 Å². The molecule has 2 N–H and O–H groups in total. The van der Waals surface area contributed by atoms with E-state index in [-0.39, 0.29) is 17.5 Å². The molecule has 0 bridgehead atoms. The molecule has 0 aliphatic heterocycles. The Bertz CT molecular complexity index is 824. The predicted molar refractivity (Wildman–Crippen MR) is 115 cm³/mol. The number of hydrogen-bond donors (Lipinski definition) is 2. The van der Waals surface area contributed by atoms with E-state index in [9.17, 15) is 4.79 Å². The van der Waals surface area contributed by atoms with E-state index in [2.05, 4.69) is 43.5 Å². The first kappa shape index (κ1) is 22.4. The molecule has 0 aliphatic carbocycles. The molecule has 0 aliphatic rings. The number of benzene rings is 2. The average Bonchev–Trinajstić information content (AvgIpc) is 2.71. The number of urea groups is 1. The van der Waals surface area contributed by atoms with E-state index in [1.165, 1.54) is 11.1 Å². The number of ether oxygens (including phenoxy) is 3. The third-order valence-electron chi connectivity index (χ3n) is 5.10. The third-order valence-corrected chi connectivity index (χ3v) is 5.10. The van der Waals surface area contributed by atoms with Gasteiger partial charge in [0.2, 0.25) is 5.75 Å². The van der Waals surface area contributed by atoms with Crippen LogP contribution in [0.4, 0.5) is 4.79 Å². The maximum Gasteiger partial charge on any atom is 0.315 e. The standard InChI is InChI=1S/C23H32N2O4/c1-15-10-8-9-11-18(15)23(3,4)14-24-22(26)25-16(2)17-12-19(27-5)21(29-7)20(13-17)28-6/h8-13,16H,14H2,1-7H3,(H2,24,25,26). The molecule has 0 fully saturated rings. The molecule has 2 rings (SSSR count). The molecule has 2 aromatic carbocycles. The van der Waals surface area contributed by atoms with Crippen molar-refractivity contribution in [3.8, 4) is 17.2 Å². The SMILES string of the molecule is COc1cc(C(C)NC(=O)NCC(C)(C)c2ccccc2C)cc(OC)c1OC. The van der Waals surface area contributed by atoms with Gasteiger partial charge in [-0.15, -0.1) is 0 Å². The van der Waals surface area contributed by atoms with Crippen LogP contribution in [0.2, 0.25) is 0 Å². The summed E-state index contributed by atoms with van der Waals surface area (Å²) >= 11 is 0. The predicted octanol–water partition coefficient (Wildman–Crippen LogP) is 4.36. The van der Waals surface area contributed by atoms with Gasteiger partial charge in [-0.1, -0.05) is 38.1 Å². The number of carbonyl (C=O) groups excluding carboxylic acids is 1. The van der Waals surface area contributed by atoms with Gasteiger partial charge in [0.1, 0.15) is 0 Å². The molecule has 1 unspecified atom stereocenters. The minimum Gasteiger partial charge on any atom is -0.493 e. The van der Waals surface area contributed by atoms with Crippen molar-refractivity contribution in [1.29, 1.82) is 0 Å². The van der Waals surface area contributed by atoms with Crippen molar-refractivity contribution >= 4 is 6.03 Å². The lowest BCUT2D eigenvalue weighted by Gasteiger charge is -2.28. The highest BCUT2D eigenvalue weighted by Gasteiger charge is 2.24. The van der Waals surface area contributed by atoms with E-state index in [1.807, 2.05) is 31.2 Å². The van der Waals surface area contributed by atoms with Crippen molar-refractivity contribution in [2.45, 2.75) is 39.2 Å². The van der Waals surface area contributed by atoms with Crippen LogP contribution in [0.15, 0.2) is 36.4 Å². The Morgan fingerprint density at radius 3 is 2.14 bits per heavy atom. The van der Waals surface area contributed by atoms with Crippen LogP contribution in [0.25, 0.3) is 0 Å². The Hall–Kier alpha value is -2.89. The molecule has 0 heterocycles. The van der Waals surface area contributed by atoms with Crippen molar-refractivity contribution in [3.05, 3.63) is 53.1 Å². The number of amides is 2. The second-order valence-corrected chi connectivity index (χ2v) is 7.71. The highest BCUT2D eigenvalue weighted by molar-refractivity contribution is 5.74. The summed E-state index contributed by atoms with van der Waals surface area (Å²) in [4.78, 5) is 12.5. The van der Waals surface area contributed by atoms with E-state index in [1.54, 1.807) is 21.3 Å². The van der Waals surface area contributed by atoms with Crippen LogP contribution in [-0.4, -0.2) is 33.9 Å². The molecule has 1 atom stereocenters. The van der Waals surface area contributed by atoms with E-state index in [0.29, 0.717) is 23.8 Å². The van der Waals surface area contributed by atoms with Crippen LogP contribution in [0, 0.1) is 6.92 Å². The summed E-state index contributed by atoms with van der Waals surface area (Å²) in [5, 5.41) is 5.96. The smallest absolute Gasteiger partial charge is 0.315 e. The van der Waals surface area contributed by atoms with Gasteiger partial charge in [0.05, 0.1) is 27.4 Å². The van der Waals surface area contributed by atoms with Gasteiger partial charge in [0.15, 0.2) is 11.5 Å². The van der Waals surface area contributed by atoms with Crippen LogP contribution in [0.1, 0.15) is 43.5 Å². The van der Waals surface area contributed by atoms with Crippen molar-refractivity contribution in [2.75, 3.05) is 27.9 Å². The Morgan fingerprint density at radius 1 is 1.03 bits per heavy atom. The van der Waals surface area contributed by atoms with Gasteiger partial charge in [-0.05, 0) is 42.7 Å². The topological polar surface area (TPSA) is 68.8 Å². The zero-order valence-corrected chi connectivity index (χ0v) is 18.4. The largest absolute Gasteiger partial charge is 0.493 e. The normalized spacial score (nSPS) is 12.1. The Labute approximate surface area is 173 Å². The zero-order valence-electron chi connectivity index (χ0n) is 18.4. The number of carbonyl (C=O) groups is 1. The molecule has 158 valence electrons. The first-order valence-corrected chi connectivity index (χ1v) is 9.64. The first-order valence-electron chi connectivity index (χ1n) is 9.64. The van der Waals surface area contributed by atoms with Crippen LogP contribution >= 0.6 is 0 Å². The first-order chi connectivity index (χ1) is 13.7. The molecule has 29 heavy (non-hydrogen) atoms. The van der Waals surface area contributed by atoms with Crippen molar-refractivity contribution in [2.24, 2.45) is 0 Å². The van der Waals surface area contributed by atoms with Crippen molar-refractivity contribution in [3.63, 3.8) is 0 Å². The molecule has 0 saturated heterocycles. The molecule has 6 heteroatoms. The summed E-state index contributed by atoms with van der Waals surface area (Å²) in [6.45, 7) is 8.76. The molecule has 2 aromatic rings. The van der Waals surface area contributed by atoms with Crippen LogP contribution in [0.5, 0.6) is 17.2 Å². The second kappa shape index (κ2) is 9.54. The van der Waals surface area contributed by atoms with E-state index in [4.69, 9.17) is 14.2 Å². The lowest BCUT2D eigenvalue weighted by atomic mass is 9.82. The number of aryl methyl sites for hydroxylation is 1.